The first-order chi connectivity index (χ1) is 8.02. The number of H-pyrrole nitrogens is 1. The van der Waals surface area contributed by atoms with E-state index in [1.165, 1.54) is 10.8 Å². The minimum atomic E-state index is -0.537. The predicted octanol–water partition coefficient (Wildman–Crippen LogP) is -1.55. The van der Waals surface area contributed by atoms with E-state index < -0.39 is 23.6 Å². The van der Waals surface area contributed by atoms with E-state index in [0.29, 0.717) is 12.0 Å². The van der Waals surface area contributed by atoms with Crippen LogP contribution in [-0.4, -0.2) is 33.4 Å². The number of hydrogen-bond donors (Lipinski definition) is 3. The Hall–Kier alpha value is -1.44. The molecule has 94 valence electrons. The van der Waals surface area contributed by atoms with E-state index in [4.69, 9.17) is 15.6 Å². The van der Waals surface area contributed by atoms with Crippen molar-refractivity contribution in [3.63, 3.8) is 0 Å². The fourth-order valence-electron chi connectivity index (χ4n) is 1.90. The number of nitrogens with one attached hydrogen (secondary N) is 1. The molecule has 4 N–H and O–H groups in total. The molecule has 0 radical (unpaired) electrons. The molecule has 7 nitrogen and oxygen atoms in total. The molecular formula is C10H15N3O4. The molecule has 3 atom stereocenters. The van der Waals surface area contributed by atoms with E-state index in [9.17, 15) is 9.59 Å². The number of hydrogen-bond acceptors (Lipinski definition) is 5. The van der Waals surface area contributed by atoms with Crippen LogP contribution in [0.4, 0.5) is 0 Å². The van der Waals surface area contributed by atoms with Crippen molar-refractivity contribution in [2.24, 2.45) is 5.73 Å². The molecule has 2 heterocycles. The lowest BCUT2D eigenvalue weighted by molar-refractivity contribution is -0.0271. The summed E-state index contributed by atoms with van der Waals surface area (Å²) in [7, 11) is 0. The highest BCUT2D eigenvalue weighted by molar-refractivity contribution is 5.02. The smallest absolute Gasteiger partial charge is 0.330 e. The van der Waals surface area contributed by atoms with E-state index in [2.05, 4.69) is 4.98 Å². The van der Waals surface area contributed by atoms with Gasteiger partial charge in [-0.15, -0.1) is 0 Å². The third-order valence-electron chi connectivity index (χ3n) is 2.92. The lowest BCUT2D eigenvalue weighted by Gasteiger charge is -2.14. The van der Waals surface area contributed by atoms with Crippen molar-refractivity contribution < 1.29 is 9.84 Å². The first-order valence-corrected chi connectivity index (χ1v) is 5.37. The van der Waals surface area contributed by atoms with Crippen molar-refractivity contribution in [3.8, 4) is 0 Å². The van der Waals surface area contributed by atoms with Gasteiger partial charge in [-0.1, -0.05) is 0 Å². The summed E-state index contributed by atoms with van der Waals surface area (Å²) in [5.41, 5.74) is 5.25. The van der Waals surface area contributed by atoms with Gasteiger partial charge in [-0.2, -0.15) is 0 Å². The predicted molar refractivity (Wildman–Crippen MR) is 59.6 cm³/mol. The highest BCUT2D eigenvalue weighted by Gasteiger charge is 2.33. The number of aliphatic hydroxyl groups is 1. The first-order valence-electron chi connectivity index (χ1n) is 5.37. The second-order valence-corrected chi connectivity index (χ2v) is 4.19. The van der Waals surface area contributed by atoms with Gasteiger partial charge in [0.15, 0.2) is 0 Å². The summed E-state index contributed by atoms with van der Waals surface area (Å²) < 4.78 is 6.75. The van der Waals surface area contributed by atoms with Crippen LogP contribution in [0.5, 0.6) is 0 Å². The Kier molecular flexibility index (Phi) is 3.14. The topological polar surface area (TPSA) is 110 Å². The van der Waals surface area contributed by atoms with Crippen molar-refractivity contribution >= 4 is 0 Å². The van der Waals surface area contributed by atoms with Crippen molar-refractivity contribution in [1.82, 2.24) is 9.55 Å². The van der Waals surface area contributed by atoms with Gasteiger partial charge in [0.05, 0.1) is 12.7 Å². The number of aromatic nitrogens is 2. The molecule has 1 saturated heterocycles. The highest BCUT2D eigenvalue weighted by atomic mass is 16.5. The van der Waals surface area contributed by atoms with Gasteiger partial charge in [0.1, 0.15) is 6.23 Å². The fraction of sp³-hybridized carbons (Fsp3) is 0.600. The molecule has 1 aliphatic rings. The molecule has 0 aliphatic carbocycles. The van der Waals surface area contributed by atoms with Crippen LogP contribution in [-0.2, 0) is 4.74 Å². The van der Waals surface area contributed by atoms with Crippen molar-refractivity contribution in [3.05, 3.63) is 32.6 Å². The van der Waals surface area contributed by atoms with E-state index in [1.807, 2.05) is 0 Å². The lowest BCUT2D eigenvalue weighted by Crippen LogP contribution is -2.33. The first kappa shape index (κ1) is 12.0. The van der Waals surface area contributed by atoms with Gasteiger partial charge in [0, 0.05) is 24.2 Å². The Morgan fingerprint density at radius 2 is 2.35 bits per heavy atom. The Morgan fingerprint density at radius 1 is 1.65 bits per heavy atom. The van der Waals surface area contributed by atoms with Crippen LogP contribution in [0.15, 0.2) is 15.8 Å². The number of aromatic amines is 1. The van der Waals surface area contributed by atoms with Crippen LogP contribution in [0, 0.1) is 6.92 Å². The van der Waals surface area contributed by atoms with Gasteiger partial charge in [-0.25, -0.2) is 4.79 Å². The Morgan fingerprint density at radius 3 is 2.94 bits per heavy atom. The number of nitrogens with zero attached hydrogens (tertiary/aromatic N) is 1. The zero-order chi connectivity index (χ0) is 12.6. The van der Waals surface area contributed by atoms with E-state index in [-0.39, 0.29) is 12.6 Å². The normalized spacial score (nSPS) is 28.5. The van der Waals surface area contributed by atoms with Crippen molar-refractivity contribution in [2.75, 3.05) is 6.61 Å². The van der Waals surface area contributed by atoms with Gasteiger partial charge < -0.3 is 15.6 Å². The molecule has 0 aromatic carbocycles. The standard InChI is InChI=1S/C10H15N3O4/c1-5-3-13(10(16)12-9(5)15)8-2-6(11)7(4-14)17-8/h3,6-8,14H,2,4,11H2,1H3,(H,12,15,16)/t6-,7?,8?/m1/s1. The maximum atomic E-state index is 11.6. The van der Waals surface area contributed by atoms with E-state index in [1.54, 1.807) is 6.92 Å². The second kappa shape index (κ2) is 4.44. The van der Waals surface area contributed by atoms with Gasteiger partial charge in [-0.05, 0) is 6.92 Å². The summed E-state index contributed by atoms with van der Waals surface area (Å²) in [4.78, 5) is 25.0. The monoisotopic (exact) mass is 241 g/mol. The van der Waals surface area contributed by atoms with Crippen LogP contribution < -0.4 is 17.0 Å². The second-order valence-electron chi connectivity index (χ2n) is 4.19. The minimum absolute atomic E-state index is 0.186. The van der Waals surface area contributed by atoms with Crippen molar-refractivity contribution in [2.45, 2.75) is 31.7 Å². The van der Waals surface area contributed by atoms with Gasteiger partial charge >= 0.3 is 5.69 Å². The van der Waals surface area contributed by atoms with E-state index >= 15 is 0 Å². The number of nitrogens with two attached hydrogens (primary N) is 1. The lowest BCUT2D eigenvalue weighted by atomic mass is 10.1. The number of ether oxygens (including phenoxy) is 1. The molecule has 1 aliphatic heterocycles. The molecule has 2 rings (SSSR count). The molecule has 2 unspecified atom stereocenters. The third-order valence-corrected chi connectivity index (χ3v) is 2.92. The maximum Gasteiger partial charge on any atom is 0.330 e. The number of rotatable bonds is 2. The molecule has 0 amide bonds. The fourth-order valence-corrected chi connectivity index (χ4v) is 1.90. The van der Waals surface area contributed by atoms with E-state index in [0.717, 1.165) is 0 Å². The minimum Gasteiger partial charge on any atom is -0.394 e. The SMILES string of the molecule is Cc1cn(C2C[C@@H](N)C(CO)O2)c(=O)[nH]c1=O. The summed E-state index contributed by atoms with van der Waals surface area (Å²) in [6.45, 7) is 1.42. The molecule has 0 spiro atoms. The molecule has 1 aromatic rings. The van der Waals surface area contributed by atoms with Gasteiger partial charge in [-0.3, -0.25) is 14.3 Å². The average Bonchev–Trinajstić information content (AvgIpc) is 2.65. The molecule has 17 heavy (non-hydrogen) atoms. The summed E-state index contributed by atoms with van der Waals surface area (Å²) >= 11 is 0. The number of aryl methyl sites for hydroxylation is 1. The zero-order valence-corrected chi connectivity index (χ0v) is 9.42. The quantitative estimate of drug-likeness (QED) is 0.580. The van der Waals surface area contributed by atoms with Gasteiger partial charge in [0.2, 0.25) is 0 Å². The zero-order valence-electron chi connectivity index (χ0n) is 9.42. The van der Waals surface area contributed by atoms with Crippen LogP contribution in [0.1, 0.15) is 18.2 Å². The Labute approximate surface area is 96.8 Å². The Bertz CT molecular complexity index is 521. The molecular weight excluding hydrogens is 226 g/mol. The van der Waals surface area contributed by atoms with Crippen LogP contribution >= 0.6 is 0 Å². The highest BCUT2D eigenvalue weighted by Crippen LogP contribution is 2.25. The summed E-state index contributed by atoms with van der Waals surface area (Å²) in [6, 6.07) is -0.316. The molecule has 0 saturated carbocycles. The third kappa shape index (κ3) is 2.17. The van der Waals surface area contributed by atoms with Crippen LogP contribution in [0.3, 0.4) is 0 Å². The molecule has 1 fully saturated rings. The van der Waals surface area contributed by atoms with Crippen LogP contribution in [0.25, 0.3) is 0 Å². The van der Waals surface area contributed by atoms with Gasteiger partial charge in [0.25, 0.3) is 5.56 Å². The number of aliphatic hydroxyl groups excluding tert-OH is 1. The summed E-state index contributed by atoms with van der Waals surface area (Å²) in [6.07, 6.45) is 0.860. The van der Waals surface area contributed by atoms with Crippen LogP contribution in [0.2, 0.25) is 0 Å². The van der Waals surface area contributed by atoms with Crippen molar-refractivity contribution in [1.29, 1.82) is 0 Å². The molecule has 1 aromatic heterocycles. The average molecular weight is 241 g/mol. The Balaban J connectivity index is 2.34. The molecule has 7 heteroatoms. The molecule has 0 bridgehead atoms. The largest absolute Gasteiger partial charge is 0.394 e. The maximum absolute atomic E-state index is 11.6. The summed E-state index contributed by atoms with van der Waals surface area (Å²) in [5, 5.41) is 9.02. The summed E-state index contributed by atoms with van der Waals surface area (Å²) in [5.74, 6) is 0.